The number of rotatable bonds is 1. The average Bonchev–Trinajstić information content (AvgIpc) is 2.68. The summed E-state index contributed by atoms with van der Waals surface area (Å²) < 4.78 is 0. The Hall–Kier alpha value is -2.06. The lowest BCUT2D eigenvalue weighted by Gasteiger charge is -2.20. The molecule has 1 saturated heterocycles. The van der Waals surface area contributed by atoms with Gasteiger partial charge in [-0.1, -0.05) is 0 Å². The summed E-state index contributed by atoms with van der Waals surface area (Å²) in [5.74, 6) is 0. The lowest BCUT2D eigenvalue weighted by Crippen LogP contribution is -2.37. The smallest absolute Gasteiger partial charge is 0.321 e. The summed E-state index contributed by atoms with van der Waals surface area (Å²) >= 11 is 0. The van der Waals surface area contributed by atoms with Crippen LogP contribution in [0, 0.1) is 11.3 Å². The van der Waals surface area contributed by atoms with Crippen LogP contribution in [0.2, 0.25) is 0 Å². The maximum atomic E-state index is 12.0. The van der Waals surface area contributed by atoms with Crippen LogP contribution in [0.4, 0.5) is 10.5 Å². The van der Waals surface area contributed by atoms with Crippen molar-refractivity contribution >= 4 is 11.7 Å². The van der Waals surface area contributed by atoms with Crippen LogP contribution in [-0.4, -0.2) is 37.1 Å². The van der Waals surface area contributed by atoms with Gasteiger partial charge in [-0.05, 0) is 37.2 Å². The van der Waals surface area contributed by atoms with Crippen molar-refractivity contribution in [1.29, 1.82) is 5.26 Å². The number of amides is 2. The maximum absolute atomic E-state index is 12.0. The summed E-state index contributed by atoms with van der Waals surface area (Å²) in [7, 11) is 0. The fraction of sp³-hybridized carbons (Fsp3) is 0.385. The highest BCUT2D eigenvalue weighted by atomic mass is 16.2. The Bertz CT molecular complexity index is 441. The minimum Gasteiger partial charge on any atom is -0.323 e. The molecule has 1 aliphatic heterocycles. The lowest BCUT2D eigenvalue weighted by molar-refractivity contribution is 0.215. The zero-order valence-corrected chi connectivity index (χ0v) is 10.1. The zero-order valence-electron chi connectivity index (χ0n) is 10.1. The van der Waals surface area contributed by atoms with E-state index in [4.69, 9.17) is 5.26 Å². The van der Waals surface area contributed by atoms with E-state index < -0.39 is 0 Å². The number of nitriles is 1. The van der Waals surface area contributed by atoms with Crippen LogP contribution in [0.1, 0.15) is 12.0 Å². The number of nitrogens with zero attached hydrogens (tertiary/aromatic N) is 2. The summed E-state index contributed by atoms with van der Waals surface area (Å²) in [6.45, 7) is 3.29. The summed E-state index contributed by atoms with van der Waals surface area (Å²) in [6, 6.07) is 8.84. The first-order valence-corrected chi connectivity index (χ1v) is 6.06. The molecule has 1 aromatic carbocycles. The van der Waals surface area contributed by atoms with Gasteiger partial charge in [0.2, 0.25) is 0 Å². The molecular weight excluding hydrogens is 228 g/mol. The van der Waals surface area contributed by atoms with E-state index >= 15 is 0 Å². The van der Waals surface area contributed by atoms with E-state index in [1.807, 2.05) is 6.07 Å². The van der Waals surface area contributed by atoms with Gasteiger partial charge in [0, 0.05) is 25.3 Å². The zero-order chi connectivity index (χ0) is 12.8. The Morgan fingerprint density at radius 1 is 1.28 bits per heavy atom. The van der Waals surface area contributed by atoms with Gasteiger partial charge in [0.1, 0.15) is 0 Å². The normalized spacial score (nSPS) is 15.6. The number of hydrogen-bond acceptors (Lipinski definition) is 3. The molecule has 94 valence electrons. The third-order valence-corrected chi connectivity index (χ3v) is 2.89. The molecule has 1 heterocycles. The Labute approximate surface area is 106 Å². The van der Waals surface area contributed by atoms with Crippen molar-refractivity contribution in [3.63, 3.8) is 0 Å². The monoisotopic (exact) mass is 244 g/mol. The van der Waals surface area contributed by atoms with E-state index in [1.165, 1.54) is 0 Å². The highest BCUT2D eigenvalue weighted by molar-refractivity contribution is 5.89. The van der Waals surface area contributed by atoms with Crippen molar-refractivity contribution in [2.45, 2.75) is 6.42 Å². The molecule has 0 spiro atoms. The molecule has 5 nitrogen and oxygen atoms in total. The van der Waals surface area contributed by atoms with Crippen LogP contribution in [0.25, 0.3) is 0 Å². The Morgan fingerprint density at radius 3 is 2.78 bits per heavy atom. The van der Waals surface area contributed by atoms with Crippen LogP contribution >= 0.6 is 0 Å². The average molecular weight is 244 g/mol. The molecule has 0 saturated carbocycles. The van der Waals surface area contributed by atoms with E-state index in [-0.39, 0.29) is 6.03 Å². The molecular formula is C13H16N4O. The summed E-state index contributed by atoms with van der Waals surface area (Å²) in [5.41, 5.74) is 1.31. The molecule has 2 amide bonds. The topological polar surface area (TPSA) is 68.2 Å². The van der Waals surface area contributed by atoms with Crippen LogP contribution in [-0.2, 0) is 0 Å². The molecule has 0 bridgehead atoms. The molecule has 0 aliphatic carbocycles. The van der Waals surface area contributed by atoms with E-state index in [0.717, 1.165) is 38.3 Å². The fourth-order valence-electron chi connectivity index (χ4n) is 1.88. The van der Waals surface area contributed by atoms with Crippen molar-refractivity contribution in [2.75, 3.05) is 31.5 Å². The van der Waals surface area contributed by atoms with E-state index in [0.29, 0.717) is 5.56 Å². The quantitative estimate of drug-likeness (QED) is 0.784. The number of urea groups is 1. The number of carbonyl (C=O) groups excluding carboxylic acids is 1. The molecule has 1 aromatic rings. The minimum atomic E-state index is -0.0802. The molecule has 0 radical (unpaired) electrons. The van der Waals surface area contributed by atoms with Gasteiger partial charge in [-0.25, -0.2) is 4.79 Å². The summed E-state index contributed by atoms with van der Waals surface area (Å²) in [4.78, 5) is 13.8. The Kier molecular flexibility index (Phi) is 4.15. The molecule has 0 atom stereocenters. The van der Waals surface area contributed by atoms with Crippen LogP contribution in [0.5, 0.6) is 0 Å². The first kappa shape index (κ1) is 12.4. The van der Waals surface area contributed by atoms with E-state index in [2.05, 4.69) is 10.6 Å². The summed E-state index contributed by atoms with van der Waals surface area (Å²) in [6.07, 6.45) is 0.973. The van der Waals surface area contributed by atoms with E-state index in [9.17, 15) is 4.79 Å². The van der Waals surface area contributed by atoms with Crippen molar-refractivity contribution in [3.05, 3.63) is 29.8 Å². The number of nitrogens with one attached hydrogen (secondary N) is 2. The third kappa shape index (κ3) is 3.22. The van der Waals surface area contributed by atoms with Crippen molar-refractivity contribution in [1.82, 2.24) is 10.2 Å². The molecule has 2 N–H and O–H groups in total. The van der Waals surface area contributed by atoms with Crippen molar-refractivity contribution in [3.8, 4) is 6.07 Å². The molecule has 1 aliphatic rings. The maximum Gasteiger partial charge on any atom is 0.321 e. The van der Waals surface area contributed by atoms with Gasteiger partial charge in [0.05, 0.1) is 11.6 Å². The Morgan fingerprint density at radius 2 is 2.06 bits per heavy atom. The first-order valence-electron chi connectivity index (χ1n) is 6.06. The molecule has 2 rings (SSSR count). The number of benzene rings is 1. The van der Waals surface area contributed by atoms with Gasteiger partial charge in [-0.2, -0.15) is 5.26 Å². The SMILES string of the molecule is N#Cc1ccc(NC(=O)N2CCCNCC2)cc1. The number of carbonyl (C=O) groups is 1. The molecule has 5 heteroatoms. The lowest BCUT2D eigenvalue weighted by atomic mass is 10.2. The van der Waals surface area contributed by atoms with Crippen LogP contribution in [0.15, 0.2) is 24.3 Å². The van der Waals surface area contributed by atoms with Gasteiger partial charge < -0.3 is 15.5 Å². The first-order chi connectivity index (χ1) is 8.79. The van der Waals surface area contributed by atoms with Gasteiger partial charge >= 0.3 is 6.03 Å². The second kappa shape index (κ2) is 6.03. The second-order valence-corrected chi connectivity index (χ2v) is 4.21. The number of anilines is 1. The largest absolute Gasteiger partial charge is 0.323 e. The predicted molar refractivity (Wildman–Crippen MR) is 69.2 cm³/mol. The Balaban J connectivity index is 1.95. The van der Waals surface area contributed by atoms with Gasteiger partial charge in [-0.3, -0.25) is 0 Å². The molecule has 1 fully saturated rings. The van der Waals surface area contributed by atoms with Crippen LogP contribution < -0.4 is 10.6 Å². The standard InChI is InChI=1S/C13H16N4O/c14-10-11-2-4-12(5-3-11)16-13(18)17-8-1-6-15-7-9-17/h2-5,15H,1,6-9H2,(H,16,18). The molecule has 0 unspecified atom stereocenters. The predicted octanol–water partition coefficient (Wildman–Crippen LogP) is 1.39. The molecule has 18 heavy (non-hydrogen) atoms. The summed E-state index contributed by atoms with van der Waals surface area (Å²) in [5, 5.41) is 14.8. The molecule has 0 aromatic heterocycles. The van der Waals surface area contributed by atoms with Crippen LogP contribution in [0.3, 0.4) is 0 Å². The highest BCUT2D eigenvalue weighted by Crippen LogP contribution is 2.10. The van der Waals surface area contributed by atoms with Gasteiger partial charge in [-0.15, -0.1) is 0 Å². The fourth-order valence-corrected chi connectivity index (χ4v) is 1.88. The highest BCUT2D eigenvalue weighted by Gasteiger charge is 2.14. The van der Waals surface area contributed by atoms with Crippen molar-refractivity contribution < 1.29 is 4.79 Å². The third-order valence-electron chi connectivity index (χ3n) is 2.89. The second-order valence-electron chi connectivity index (χ2n) is 4.21. The minimum absolute atomic E-state index is 0.0802. The van der Waals surface area contributed by atoms with Gasteiger partial charge in [0.25, 0.3) is 0 Å². The van der Waals surface area contributed by atoms with Crippen molar-refractivity contribution in [2.24, 2.45) is 0 Å². The number of hydrogen-bond donors (Lipinski definition) is 2. The van der Waals surface area contributed by atoms with E-state index in [1.54, 1.807) is 29.2 Å². The van der Waals surface area contributed by atoms with Gasteiger partial charge in [0.15, 0.2) is 0 Å².